The SMILES string of the molecule is Cc1c(-c2ccccc2)nc2ccc(C(C)C)cc2c1C(=O)O. The molecule has 0 bridgehead atoms. The first-order valence-corrected chi connectivity index (χ1v) is 7.72. The molecular weight excluding hydrogens is 286 g/mol. The van der Waals surface area contributed by atoms with Crippen LogP contribution in [0.25, 0.3) is 22.2 Å². The molecule has 0 aliphatic carbocycles. The molecule has 0 atom stereocenters. The van der Waals surface area contributed by atoms with Gasteiger partial charge in [-0.2, -0.15) is 0 Å². The van der Waals surface area contributed by atoms with Gasteiger partial charge in [0.1, 0.15) is 0 Å². The van der Waals surface area contributed by atoms with E-state index < -0.39 is 5.97 Å². The van der Waals surface area contributed by atoms with Crippen LogP contribution in [0.2, 0.25) is 0 Å². The molecule has 0 fully saturated rings. The van der Waals surface area contributed by atoms with Crippen LogP contribution in [0, 0.1) is 6.92 Å². The number of carboxylic acids is 1. The minimum Gasteiger partial charge on any atom is -0.478 e. The highest BCUT2D eigenvalue weighted by atomic mass is 16.4. The first-order valence-electron chi connectivity index (χ1n) is 7.72. The van der Waals surface area contributed by atoms with E-state index in [1.165, 1.54) is 0 Å². The lowest BCUT2D eigenvalue weighted by Gasteiger charge is -2.14. The predicted octanol–water partition coefficient (Wildman–Crippen LogP) is 5.03. The van der Waals surface area contributed by atoms with Gasteiger partial charge in [-0.15, -0.1) is 0 Å². The summed E-state index contributed by atoms with van der Waals surface area (Å²) in [5.74, 6) is -0.567. The quantitative estimate of drug-likeness (QED) is 0.738. The van der Waals surface area contributed by atoms with Crippen LogP contribution < -0.4 is 0 Å². The molecule has 0 aliphatic rings. The summed E-state index contributed by atoms with van der Waals surface area (Å²) in [6.07, 6.45) is 0. The van der Waals surface area contributed by atoms with Crippen molar-refractivity contribution in [2.24, 2.45) is 0 Å². The molecular formula is C20H19NO2. The molecule has 0 radical (unpaired) electrons. The van der Waals surface area contributed by atoms with Crippen LogP contribution in [-0.2, 0) is 0 Å². The van der Waals surface area contributed by atoms with Gasteiger partial charge in [0.15, 0.2) is 0 Å². The maximum absolute atomic E-state index is 11.9. The Morgan fingerprint density at radius 1 is 1.09 bits per heavy atom. The Morgan fingerprint density at radius 2 is 1.78 bits per heavy atom. The van der Waals surface area contributed by atoms with Crippen molar-refractivity contribution in [2.75, 3.05) is 0 Å². The first-order chi connectivity index (χ1) is 11.0. The smallest absolute Gasteiger partial charge is 0.336 e. The van der Waals surface area contributed by atoms with E-state index in [2.05, 4.69) is 13.8 Å². The maximum atomic E-state index is 11.9. The lowest BCUT2D eigenvalue weighted by atomic mass is 9.94. The Kier molecular flexibility index (Phi) is 3.87. The second kappa shape index (κ2) is 5.84. The summed E-state index contributed by atoms with van der Waals surface area (Å²) in [5.41, 5.74) is 4.55. The summed E-state index contributed by atoms with van der Waals surface area (Å²) in [6, 6.07) is 15.6. The lowest BCUT2D eigenvalue weighted by Crippen LogP contribution is -2.05. The van der Waals surface area contributed by atoms with Gasteiger partial charge in [0.05, 0.1) is 16.8 Å². The van der Waals surface area contributed by atoms with Crippen LogP contribution in [0.15, 0.2) is 48.5 Å². The summed E-state index contributed by atoms with van der Waals surface area (Å²) < 4.78 is 0. The fraction of sp³-hybridized carbons (Fsp3) is 0.200. The van der Waals surface area contributed by atoms with Crippen LogP contribution in [0.4, 0.5) is 0 Å². The number of hydrogen-bond donors (Lipinski definition) is 1. The largest absolute Gasteiger partial charge is 0.478 e. The van der Waals surface area contributed by atoms with Gasteiger partial charge in [0.25, 0.3) is 0 Å². The van der Waals surface area contributed by atoms with Crippen molar-refractivity contribution < 1.29 is 9.90 Å². The number of rotatable bonds is 3. The van der Waals surface area contributed by atoms with E-state index in [9.17, 15) is 9.90 Å². The van der Waals surface area contributed by atoms with Crippen LogP contribution in [0.5, 0.6) is 0 Å². The Balaban J connectivity index is 2.36. The van der Waals surface area contributed by atoms with Crippen LogP contribution in [0.1, 0.15) is 41.3 Å². The zero-order valence-corrected chi connectivity index (χ0v) is 13.5. The van der Waals surface area contributed by atoms with Gasteiger partial charge in [0, 0.05) is 10.9 Å². The standard InChI is InChI=1S/C20H19NO2/c1-12(2)15-9-10-17-16(11-15)18(20(22)23)13(3)19(21-17)14-7-5-4-6-8-14/h4-12H,1-3H3,(H,22,23). The second-order valence-electron chi connectivity index (χ2n) is 6.06. The summed E-state index contributed by atoms with van der Waals surface area (Å²) in [4.78, 5) is 16.6. The number of nitrogens with zero attached hydrogens (tertiary/aromatic N) is 1. The second-order valence-corrected chi connectivity index (χ2v) is 6.06. The summed E-state index contributed by atoms with van der Waals surface area (Å²) in [7, 11) is 0. The third-order valence-corrected chi connectivity index (χ3v) is 4.18. The highest BCUT2D eigenvalue weighted by molar-refractivity contribution is 6.05. The molecule has 0 saturated heterocycles. The van der Waals surface area contributed by atoms with E-state index in [4.69, 9.17) is 4.98 Å². The third-order valence-electron chi connectivity index (χ3n) is 4.18. The molecule has 1 N–H and O–H groups in total. The summed E-state index contributed by atoms with van der Waals surface area (Å²) in [5, 5.41) is 10.4. The van der Waals surface area contributed by atoms with E-state index in [1.807, 2.05) is 55.5 Å². The van der Waals surface area contributed by atoms with Crippen LogP contribution >= 0.6 is 0 Å². The van der Waals surface area contributed by atoms with Gasteiger partial charge < -0.3 is 5.11 Å². The highest BCUT2D eigenvalue weighted by Crippen LogP contribution is 2.31. The number of aromatic nitrogens is 1. The van der Waals surface area contributed by atoms with Gasteiger partial charge in [-0.25, -0.2) is 9.78 Å². The topological polar surface area (TPSA) is 50.2 Å². The minimum absolute atomic E-state index is 0.343. The Morgan fingerprint density at radius 3 is 2.39 bits per heavy atom. The molecule has 1 aromatic heterocycles. The molecule has 0 unspecified atom stereocenters. The minimum atomic E-state index is -0.909. The Hall–Kier alpha value is -2.68. The molecule has 3 nitrogen and oxygen atoms in total. The van der Waals surface area contributed by atoms with Crippen molar-refractivity contribution in [1.82, 2.24) is 4.98 Å². The fourth-order valence-corrected chi connectivity index (χ4v) is 2.89. The monoisotopic (exact) mass is 305 g/mol. The average molecular weight is 305 g/mol. The average Bonchev–Trinajstić information content (AvgIpc) is 2.54. The van der Waals surface area contributed by atoms with Gasteiger partial charge in [-0.3, -0.25) is 0 Å². The van der Waals surface area contributed by atoms with Gasteiger partial charge in [0.2, 0.25) is 0 Å². The molecule has 0 saturated carbocycles. The van der Waals surface area contributed by atoms with E-state index in [1.54, 1.807) is 0 Å². The molecule has 23 heavy (non-hydrogen) atoms. The molecule has 0 spiro atoms. The van der Waals surface area contributed by atoms with E-state index in [0.717, 1.165) is 22.3 Å². The molecule has 2 aromatic carbocycles. The van der Waals surface area contributed by atoms with Crippen LogP contribution in [-0.4, -0.2) is 16.1 Å². The summed E-state index contributed by atoms with van der Waals surface area (Å²) >= 11 is 0. The molecule has 0 amide bonds. The first kappa shape index (κ1) is 15.2. The number of carboxylic acid groups (broad SMARTS) is 1. The van der Waals surface area contributed by atoms with Gasteiger partial charge in [-0.1, -0.05) is 50.2 Å². The zero-order chi connectivity index (χ0) is 16.6. The molecule has 0 aliphatic heterocycles. The van der Waals surface area contributed by atoms with Gasteiger partial charge >= 0.3 is 5.97 Å². The number of fused-ring (bicyclic) bond motifs is 1. The van der Waals surface area contributed by atoms with E-state index in [0.29, 0.717) is 22.4 Å². The van der Waals surface area contributed by atoms with Gasteiger partial charge in [-0.05, 0) is 36.1 Å². The number of benzene rings is 2. The maximum Gasteiger partial charge on any atom is 0.336 e. The van der Waals surface area contributed by atoms with E-state index >= 15 is 0 Å². The molecule has 3 heteroatoms. The van der Waals surface area contributed by atoms with Crippen molar-refractivity contribution in [2.45, 2.75) is 26.7 Å². The molecule has 3 aromatic rings. The fourth-order valence-electron chi connectivity index (χ4n) is 2.89. The van der Waals surface area contributed by atoms with Crippen molar-refractivity contribution in [3.63, 3.8) is 0 Å². The van der Waals surface area contributed by atoms with E-state index in [-0.39, 0.29) is 0 Å². The molecule has 1 heterocycles. The Labute approximate surface area is 135 Å². The molecule has 116 valence electrons. The number of carbonyl (C=O) groups is 1. The number of pyridine rings is 1. The zero-order valence-electron chi connectivity index (χ0n) is 13.5. The third kappa shape index (κ3) is 2.70. The lowest BCUT2D eigenvalue weighted by molar-refractivity contribution is 0.0698. The van der Waals surface area contributed by atoms with Crippen molar-refractivity contribution in [3.05, 3.63) is 65.2 Å². The highest BCUT2D eigenvalue weighted by Gasteiger charge is 2.18. The van der Waals surface area contributed by atoms with Crippen LogP contribution in [0.3, 0.4) is 0 Å². The van der Waals surface area contributed by atoms with Crippen molar-refractivity contribution in [1.29, 1.82) is 0 Å². The number of aromatic carboxylic acids is 1. The predicted molar refractivity (Wildman–Crippen MR) is 93.0 cm³/mol. The molecule has 3 rings (SSSR count). The van der Waals surface area contributed by atoms with Crippen molar-refractivity contribution >= 4 is 16.9 Å². The van der Waals surface area contributed by atoms with Crippen molar-refractivity contribution in [3.8, 4) is 11.3 Å². The Bertz CT molecular complexity index is 883. The number of hydrogen-bond acceptors (Lipinski definition) is 2. The summed E-state index contributed by atoms with van der Waals surface area (Å²) in [6.45, 7) is 6.03. The normalized spacial score (nSPS) is 11.1.